The number of hydrogen-bond acceptors (Lipinski definition) is 7. The highest BCUT2D eigenvalue weighted by molar-refractivity contribution is 7.48. The number of fused-ring (bicyclic) bond motifs is 4. The molecule has 0 fully saturated rings. The highest BCUT2D eigenvalue weighted by Crippen LogP contribution is 2.51. The molecule has 1 N–H and O–H groups in total. The number of allylic oxidation sites excluding steroid dienone is 2. The summed E-state index contributed by atoms with van der Waals surface area (Å²) >= 11 is 0. The third-order valence-electron chi connectivity index (χ3n) is 5.67. The Kier molecular flexibility index (Phi) is 8.06. The Morgan fingerprint density at radius 2 is 1.39 bits per heavy atom. The number of ether oxygens (including phenoxy) is 1. The first-order valence-corrected chi connectivity index (χ1v) is 13.4. The van der Waals surface area contributed by atoms with Crippen LogP contribution in [0.25, 0.3) is 17.3 Å². The molecule has 0 spiro atoms. The van der Waals surface area contributed by atoms with Crippen LogP contribution in [0.3, 0.4) is 0 Å². The Labute approximate surface area is 219 Å². The summed E-state index contributed by atoms with van der Waals surface area (Å²) in [7, 11) is -3.95. The molecule has 192 valence electrons. The van der Waals surface area contributed by atoms with Gasteiger partial charge in [-0.3, -0.25) is 18.4 Å². The minimum absolute atomic E-state index is 0.0555. The van der Waals surface area contributed by atoms with Gasteiger partial charge in [-0.1, -0.05) is 72.8 Å². The second-order valence-corrected chi connectivity index (χ2v) is 10.1. The molecule has 38 heavy (non-hydrogen) atoms. The number of nitrogens with one attached hydrogen (secondary N) is 1. The minimum atomic E-state index is -3.95. The normalized spacial score (nSPS) is 14.2. The minimum Gasteiger partial charge on any atom is -0.464 e. The maximum atomic E-state index is 13.6. The van der Waals surface area contributed by atoms with Crippen LogP contribution in [0.4, 0.5) is 0 Å². The average molecular weight is 529 g/mol. The van der Waals surface area contributed by atoms with Gasteiger partial charge in [-0.05, 0) is 47.0 Å². The highest BCUT2D eigenvalue weighted by Gasteiger charge is 2.27. The molecule has 0 amide bonds. The average Bonchev–Trinajstić information content (AvgIpc) is 2.96. The van der Waals surface area contributed by atoms with Crippen molar-refractivity contribution in [1.82, 2.24) is 10.2 Å². The lowest BCUT2D eigenvalue weighted by Crippen LogP contribution is -2.12. The molecular weight excluding hydrogens is 503 g/mol. The molecule has 1 aliphatic heterocycles. The van der Waals surface area contributed by atoms with Crippen molar-refractivity contribution in [3.8, 4) is 17.0 Å². The van der Waals surface area contributed by atoms with E-state index in [9.17, 15) is 9.36 Å². The zero-order valence-electron chi connectivity index (χ0n) is 20.4. The molecule has 0 unspecified atom stereocenters. The number of aromatic amines is 1. The second-order valence-electron chi connectivity index (χ2n) is 8.41. The van der Waals surface area contributed by atoms with Crippen molar-refractivity contribution in [2.45, 2.75) is 19.8 Å². The van der Waals surface area contributed by atoms with Crippen LogP contribution >= 0.6 is 7.82 Å². The van der Waals surface area contributed by atoms with Gasteiger partial charge in [0.25, 0.3) is 5.56 Å². The van der Waals surface area contributed by atoms with E-state index in [1.54, 1.807) is 42.5 Å². The molecule has 2 heterocycles. The molecule has 5 rings (SSSR count). The first kappa shape index (κ1) is 25.6. The van der Waals surface area contributed by atoms with Gasteiger partial charge < -0.3 is 4.74 Å². The van der Waals surface area contributed by atoms with Gasteiger partial charge in [0.2, 0.25) is 0 Å². The van der Waals surface area contributed by atoms with Crippen LogP contribution < -0.4 is 10.3 Å². The van der Waals surface area contributed by atoms with Crippen LogP contribution in [-0.2, 0) is 38.0 Å². The van der Waals surface area contributed by atoms with Crippen LogP contribution in [0, 0.1) is 0 Å². The number of phosphoric ester groups is 1. The van der Waals surface area contributed by atoms with Crippen LogP contribution in [0.2, 0.25) is 0 Å². The number of nitrogens with zero attached hydrogens (tertiary/aromatic N) is 1. The largest absolute Gasteiger partial charge is 0.475 e. The highest BCUT2D eigenvalue weighted by atomic mass is 31.2. The van der Waals surface area contributed by atoms with Gasteiger partial charge in [-0.15, -0.1) is 0 Å². The first-order chi connectivity index (χ1) is 18.6. The molecule has 0 radical (unpaired) electrons. The van der Waals surface area contributed by atoms with E-state index >= 15 is 0 Å². The monoisotopic (exact) mass is 528 g/mol. The summed E-state index contributed by atoms with van der Waals surface area (Å²) in [6, 6.07) is 25.8. The van der Waals surface area contributed by atoms with E-state index in [2.05, 4.69) is 10.2 Å². The van der Waals surface area contributed by atoms with E-state index < -0.39 is 7.82 Å². The zero-order valence-corrected chi connectivity index (χ0v) is 21.3. The lowest BCUT2D eigenvalue weighted by Gasteiger charge is -2.19. The molecule has 3 aromatic carbocycles. The molecule has 0 aliphatic carbocycles. The van der Waals surface area contributed by atoms with Crippen LogP contribution in [0.5, 0.6) is 5.75 Å². The molecule has 9 heteroatoms. The molecule has 0 atom stereocenters. The van der Waals surface area contributed by atoms with Crippen LogP contribution in [0.15, 0.2) is 108 Å². The fourth-order valence-electron chi connectivity index (χ4n) is 3.69. The zero-order chi connectivity index (χ0) is 26.2. The molecule has 1 aliphatic rings. The van der Waals surface area contributed by atoms with Crippen LogP contribution in [0.1, 0.15) is 22.3 Å². The number of benzene rings is 3. The van der Waals surface area contributed by atoms with Crippen molar-refractivity contribution < 1.29 is 22.9 Å². The first-order valence-electron chi connectivity index (χ1n) is 11.9. The maximum absolute atomic E-state index is 13.6. The Hall–Kier alpha value is -4.07. The number of rotatable bonds is 9. The van der Waals surface area contributed by atoms with Gasteiger partial charge in [-0.25, -0.2) is 9.66 Å². The van der Waals surface area contributed by atoms with Crippen molar-refractivity contribution >= 4 is 13.9 Å². The van der Waals surface area contributed by atoms with E-state index in [0.717, 1.165) is 11.1 Å². The predicted molar refractivity (Wildman–Crippen MR) is 144 cm³/mol. The maximum Gasteiger partial charge on any atom is 0.475 e. The molecule has 8 nitrogen and oxygen atoms in total. The summed E-state index contributed by atoms with van der Waals surface area (Å²) in [4.78, 5) is 12.1. The Balaban J connectivity index is 1.37. The third-order valence-corrected chi connectivity index (χ3v) is 7.00. The molecule has 4 aromatic rings. The van der Waals surface area contributed by atoms with E-state index in [1.165, 1.54) is 6.26 Å². The number of aromatic nitrogens is 2. The number of hydrogen-bond donors (Lipinski definition) is 1. The Morgan fingerprint density at radius 1 is 0.763 bits per heavy atom. The molecule has 2 bridgehead atoms. The summed E-state index contributed by atoms with van der Waals surface area (Å²) < 4.78 is 36.6. The van der Waals surface area contributed by atoms with Gasteiger partial charge in [-0.2, -0.15) is 5.10 Å². The van der Waals surface area contributed by atoms with Crippen molar-refractivity contribution in [2.24, 2.45) is 0 Å². The van der Waals surface area contributed by atoms with Crippen LogP contribution in [-0.4, -0.2) is 10.2 Å². The summed E-state index contributed by atoms with van der Waals surface area (Å²) in [5.74, 6) is 0.537. The van der Waals surface area contributed by atoms with Crippen molar-refractivity contribution in [2.75, 3.05) is 0 Å². The van der Waals surface area contributed by atoms with E-state index in [-0.39, 0.29) is 25.4 Å². The third kappa shape index (κ3) is 6.62. The van der Waals surface area contributed by atoms with E-state index in [4.69, 9.17) is 18.3 Å². The molecule has 0 saturated carbocycles. The molecule has 1 aromatic heterocycles. The van der Waals surface area contributed by atoms with Crippen molar-refractivity contribution in [3.63, 3.8) is 0 Å². The van der Waals surface area contributed by atoms with Gasteiger partial charge in [0.05, 0.1) is 31.8 Å². The lowest BCUT2D eigenvalue weighted by atomic mass is 10.1. The summed E-state index contributed by atoms with van der Waals surface area (Å²) in [6.45, 7) is 0.0732. The van der Waals surface area contributed by atoms with Crippen molar-refractivity contribution in [1.29, 1.82) is 0 Å². The fraction of sp³-hybridized carbons (Fsp3) is 0.103. The number of phosphoric acid groups is 1. The van der Waals surface area contributed by atoms with Gasteiger partial charge in [0.1, 0.15) is 5.75 Å². The smallest absolute Gasteiger partial charge is 0.464 e. The van der Waals surface area contributed by atoms with Gasteiger partial charge in [0, 0.05) is 11.1 Å². The lowest BCUT2D eigenvalue weighted by molar-refractivity contribution is 0.0978. The summed E-state index contributed by atoms with van der Waals surface area (Å²) in [5.41, 5.74) is 3.67. The number of H-pyrrole nitrogens is 1. The fourth-order valence-corrected chi connectivity index (χ4v) is 4.84. The SMILES string of the molecule is O=c1[nH]nc2cc1/C=C\C=C\Oc1ccc(COP(=O)(OCc3ccccc3)OCc3ccccc3)cc1-2. The quantitative estimate of drug-likeness (QED) is 0.251. The predicted octanol–water partition coefficient (Wildman–Crippen LogP) is 6.41. The van der Waals surface area contributed by atoms with Crippen molar-refractivity contribution in [3.05, 3.63) is 136 Å². The van der Waals surface area contributed by atoms with Gasteiger partial charge >= 0.3 is 7.82 Å². The standard InChI is InChI=1S/C29H25N2O6P/c32-29-25-13-7-8-16-34-28-15-14-24(17-26(28)27(18-25)30-31-29)21-37-38(33,35-19-22-9-3-1-4-10-22)36-20-23-11-5-2-6-12-23/h1-18H,19-21H2,(H,31,32)/b13-7-,16-8+. The molecular formula is C29H25N2O6P. The van der Waals surface area contributed by atoms with E-state index in [1.807, 2.05) is 60.7 Å². The topological polar surface area (TPSA) is 99.7 Å². The van der Waals surface area contributed by atoms with E-state index in [0.29, 0.717) is 28.1 Å². The Bertz CT molecular complexity index is 1500. The summed E-state index contributed by atoms with van der Waals surface area (Å²) in [5, 5.41) is 6.69. The Morgan fingerprint density at radius 3 is 2.05 bits per heavy atom. The summed E-state index contributed by atoms with van der Waals surface area (Å²) in [6.07, 6.45) is 6.60. The molecule has 0 saturated heterocycles. The van der Waals surface area contributed by atoms with Gasteiger partial charge in [0.15, 0.2) is 0 Å². The second kappa shape index (κ2) is 12.0.